The number of nitrogens with one attached hydrogen (secondary N) is 1. The zero-order valence-corrected chi connectivity index (χ0v) is 13.3. The van der Waals surface area contributed by atoms with Crippen LogP contribution < -0.4 is 0 Å². The third-order valence-electron chi connectivity index (χ3n) is 3.36. The summed E-state index contributed by atoms with van der Waals surface area (Å²) in [4.78, 5) is 19.8. The number of hydrogen-bond donors (Lipinski definition) is 2. The van der Waals surface area contributed by atoms with Gasteiger partial charge < -0.3 is 9.84 Å². The molecule has 1 unspecified atom stereocenters. The van der Waals surface area contributed by atoms with Crippen molar-refractivity contribution in [2.45, 2.75) is 13.3 Å². The summed E-state index contributed by atoms with van der Waals surface area (Å²) in [6, 6.07) is 6.69. The molecule has 2 N–H and O–H groups in total. The molecule has 0 saturated heterocycles. The zero-order chi connectivity index (χ0) is 17.4. The molecule has 6 nitrogen and oxygen atoms in total. The van der Waals surface area contributed by atoms with E-state index in [0.29, 0.717) is 24.2 Å². The number of aromatic hydroxyl groups is 1. The topological polar surface area (TPSA) is 95.1 Å². The van der Waals surface area contributed by atoms with E-state index < -0.39 is 0 Å². The second kappa shape index (κ2) is 8.57. The van der Waals surface area contributed by atoms with Crippen LogP contribution in [0.2, 0.25) is 0 Å². The SMILES string of the molecule is CCOC(=O)C1=CCC(C=NC(=NC=N)c2ccccc2O)C=C1. The van der Waals surface area contributed by atoms with Gasteiger partial charge in [-0.05, 0) is 25.5 Å². The first-order chi connectivity index (χ1) is 11.7. The number of nitrogens with zero attached hydrogens (tertiary/aromatic N) is 2. The Labute approximate surface area is 140 Å². The molecule has 0 spiro atoms. The maximum absolute atomic E-state index is 11.6. The van der Waals surface area contributed by atoms with Gasteiger partial charge in [-0.25, -0.2) is 14.8 Å². The molecule has 1 aromatic rings. The molecule has 1 aliphatic carbocycles. The summed E-state index contributed by atoms with van der Waals surface area (Å²) >= 11 is 0. The van der Waals surface area contributed by atoms with E-state index in [0.717, 1.165) is 6.34 Å². The summed E-state index contributed by atoms with van der Waals surface area (Å²) in [5.74, 6) is -0.00929. The van der Waals surface area contributed by atoms with Gasteiger partial charge in [0, 0.05) is 12.1 Å². The number of carbonyl (C=O) groups is 1. The molecule has 0 amide bonds. The smallest absolute Gasteiger partial charge is 0.337 e. The quantitative estimate of drug-likeness (QED) is 0.495. The van der Waals surface area contributed by atoms with Crippen LogP contribution in [0.25, 0.3) is 0 Å². The predicted octanol–water partition coefficient (Wildman–Crippen LogP) is 2.88. The lowest BCUT2D eigenvalue weighted by Gasteiger charge is -2.11. The fourth-order valence-corrected chi connectivity index (χ4v) is 2.18. The van der Waals surface area contributed by atoms with Crippen molar-refractivity contribution in [3.8, 4) is 5.75 Å². The van der Waals surface area contributed by atoms with Crippen LogP contribution >= 0.6 is 0 Å². The van der Waals surface area contributed by atoms with Crippen LogP contribution in [0.4, 0.5) is 0 Å². The number of esters is 1. The number of phenols is 1. The number of phenolic OH excluding ortho intramolecular Hbond substituents is 1. The monoisotopic (exact) mass is 325 g/mol. The van der Waals surface area contributed by atoms with Crippen LogP contribution in [0, 0.1) is 11.3 Å². The largest absolute Gasteiger partial charge is 0.507 e. The van der Waals surface area contributed by atoms with Gasteiger partial charge in [-0.1, -0.05) is 30.4 Å². The molecule has 0 bridgehead atoms. The van der Waals surface area contributed by atoms with Crippen molar-refractivity contribution >= 4 is 24.4 Å². The Bertz CT molecular complexity index is 733. The van der Waals surface area contributed by atoms with E-state index in [1.54, 1.807) is 43.5 Å². The standard InChI is InChI=1S/C18H19N3O3/c1-2-24-18(23)14-9-7-13(8-10-14)11-20-17(21-12-19)15-5-3-4-6-16(15)22/h3-7,9-13,19,22H,2,8H2,1H3. The van der Waals surface area contributed by atoms with Crippen molar-refractivity contribution in [3.05, 3.63) is 53.6 Å². The van der Waals surface area contributed by atoms with Gasteiger partial charge in [0.1, 0.15) is 12.1 Å². The lowest BCUT2D eigenvalue weighted by Crippen LogP contribution is -2.11. The molecule has 2 rings (SSSR count). The van der Waals surface area contributed by atoms with Gasteiger partial charge in [0.15, 0.2) is 5.84 Å². The molecular formula is C18H19N3O3. The maximum Gasteiger partial charge on any atom is 0.337 e. The van der Waals surface area contributed by atoms with Gasteiger partial charge in [-0.3, -0.25) is 5.41 Å². The number of ether oxygens (including phenoxy) is 1. The van der Waals surface area contributed by atoms with Gasteiger partial charge in [-0.2, -0.15) is 0 Å². The van der Waals surface area contributed by atoms with Gasteiger partial charge in [0.2, 0.25) is 0 Å². The fourth-order valence-electron chi connectivity index (χ4n) is 2.18. The second-order valence-electron chi connectivity index (χ2n) is 5.02. The van der Waals surface area contributed by atoms with Gasteiger partial charge in [-0.15, -0.1) is 0 Å². The summed E-state index contributed by atoms with van der Waals surface area (Å²) in [6.07, 6.45) is 8.57. The molecule has 0 radical (unpaired) electrons. The maximum atomic E-state index is 11.6. The molecular weight excluding hydrogens is 306 g/mol. The lowest BCUT2D eigenvalue weighted by molar-refractivity contribution is -0.138. The van der Waals surface area contributed by atoms with Crippen LogP contribution in [0.5, 0.6) is 5.75 Å². The molecule has 24 heavy (non-hydrogen) atoms. The van der Waals surface area contributed by atoms with E-state index in [-0.39, 0.29) is 23.5 Å². The minimum atomic E-state index is -0.329. The summed E-state index contributed by atoms with van der Waals surface area (Å²) in [6.45, 7) is 2.11. The van der Waals surface area contributed by atoms with Crippen LogP contribution in [-0.4, -0.2) is 36.1 Å². The van der Waals surface area contributed by atoms with Crippen molar-refractivity contribution in [1.82, 2.24) is 0 Å². The molecule has 0 aromatic heterocycles. The van der Waals surface area contributed by atoms with Gasteiger partial charge in [0.25, 0.3) is 0 Å². The first kappa shape index (κ1) is 17.3. The number of benzene rings is 1. The number of allylic oxidation sites excluding steroid dienone is 2. The average molecular weight is 325 g/mol. The van der Waals surface area contributed by atoms with Crippen molar-refractivity contribution in [1.29, 1.82) is 5.41 Å². The highest BCUT2D eigenvalue weighted by atomic mass is 16.5. The van der Waals surface area contributed by atoms with Crippen LogP contribution in [0.1, 0.15) is 18.9 Å². The third kappa shape index (κ3) is 4.49. The Hall–Kier alpha value is -3.02. The Morgan fingerprint density at radius 3 is 2.88 bits per heavy atom. The highest BCUT2D eigenvalue weighted by Crippen LogP contribution is 2.19. The molecule has 1 aromatic carbocycles. The van der Waals surface area contributed by atoms with E-state index >= 15 is 0 Å². The number of para-hydroxylation sites is 1. The summed E-state index contributed by atoms with van der Waals surface area (Å²) in [5, 5.41) is 17.0. The normalized spacial score (nSPS) is 17.6. The Balaban J connectivity index is 2.09. The Morgan fingerprint density at radius 1 is 1.46 bits per heavy atom. The number of amidine groups is 1. The van der Waals surface area contributed by atoms with Crippen molar-refractivity contribution in [2.75, 3.05) is 6.61 Å². The lowest BCUT2D eigenvalue weighted by atomic mass is 9.98. The zero-order valence-electron chi connectivity index (χ0n) is 13.3. The predicted molar refractivity (Wildman–Crippen MR) is 93.9 cm³/mol. The Kier molecular flexibility index (Phi) is 6.19. The molecule has 0 fully saturated rings. The Morgan fingerprint density at radius 2 is 2.25 bits per heavy atom. The van der Waals surface area contributed by atoms with E-state index in [9.17, 15) is 9.90 Å². The van der Waals surface area contributed by atoms with E-state index in [4.69, 9.17) is 10.1 Å². The summed E-state index contributed by atoms with van der Waals surface area (Å²) < 4.78 is 4.95. The van der Waals surface area contributed by atoms with Crippen LogP contribution in [0.15, 0.2) is 58.1 Å². The van der Waals surface area contributed by atoms with Crippen molar-refractivity contribution in [2.24, 2.45) is 15.9 Å². The minimum Gasteiger partial charge on any atom is -0.507 e. The van der Waals surface area contributed by atoms with Crippen LogP contribution in [0.3, 0.4) is 0 Å². The fraction of sp³-hybridized carbons (Fsp3) is 0.222. The second-order valence-corrected chi connectivity index (χ2v) is 5.02. The number of hydrogen-bond acceptors (Lipinski definition) is 4. The van der Waals surface area contributed by atoms with Crippen molar-refractivity contribution in [3.63, 3.8) is 0 Å². The minimum absolute atomic E-state index is 0.00460. The van der Waals surface area contributed by atoms with Gasteiger partial charge >= 0.3 is 5.97 Å². The number of carbonyl (C=O) groups excluding carboxylic acids is 1. The first-order valence-electron chi connectivity index (χ1n) is 7.60. The average Bonchev–Trinajstić information content (AvgIpc) is 2.60. The molecule has 0 heterocycles. The van der Waals surface area contributed by atoms with Crippen molar-refractivity contribution < 1.29 is 14.6 Å². The van der Waals surface area contributed by atoms with E-state index in [1.807, 2.05) is 12.2 Å². The summed E-state index contributed by atoms with van der Waals surface area (Å²) in [5.41, 5.74) is 0.996. The molecule has 0 aliphatic heterocycles. The molecule has 0 saturated carbocycles. The first-order valence-corrected chi connectivity index (χ1v) is 7.60. The highest BCUT2D eigenvalue weighted by Gasteiger charge is 2.14. The third-order valence-corrected chi connectivity index (χ3v) is 3.36. The number of aliphatic imine (C=N–C) groups is 2. The molecule has 1 aliphatic rings. The number of rotatable bonds is 5. The van der Waals surface area contributed by atoms with Gasteiger partial charge in [0.05, 0.1) is 17.7 Å². The highest BCUT2D eigenvalue weighted by molar-refractivity contribution is 6.07. The van der Waals surface area contributed by atoms with E-state index in [1.165, 1.54) is 0 Å². The summed E-state index contributed by atoms with van der Waals surface area (Å²) in [7, 11) is 0. The molecule has 124 valence electrons. The van der Waals surface area contributed by atoms with E-state index in [2.05, 4.69) is 9.98 Å². The van der Waals surface area contributed by atoms with Crippen LogP contribution in [-0.2, 0) is 9.53 Å². The molecule has 1 atom stereocenters. The molecule has 6 heteroatoms.